The summed E-state index contributed by atoms with van der Waals surface area (Å²) in [6, 6.07) is 0. The van der Waals surface area contributed by atoms with Crippen molar-refractivity contribution in [1.29, 1.82) is 31.6 Å². The number of hydrogen-bond acceptors (Lipinski definition) is 12. The molecule has 0 spiro atoms. The Balaban J connectivity index is -0.0000000712. The third-order valence-electron chi connectivity index (χ3n) is 1.19. The van der Waals surface area contributed by atoms with E-state index >= 15 is 0 Å². The van der Waals surface area contributed by atoms with E-state index in [1.54, 1.807) is 0 Å². The first-order valence-corrected chi connectivity index (χ1v) is 14.4. The molecule has 0 saturated heterocycles. The molecule has 0 unspecified atom stereocenters. The molecule has 0 aromatic heterocycles. The maximum atomic E-state index is 8.82. The summed E-state index contributed by atoms with van der Waals surface area (Å²) in [5, 5.41) is 51.5. The van der Waals surface area contributed by atoms with Crippen LogP contribution in [0.15, 0.2) is 0 Å². The molecule has 0 heterocycles. The van der Waals surface area contributed by atoms with Gasteiger partial charge in [0.25, 0.3) is 0 Å². The van der Waals surface area contributed by atoms with Crippen LogP contribution in [-0.2, 0) is 74.4 Å². The van der Waals surface area contributed by atoms with Gasteiger partial charge in [0, 0.05) is 0 Å². The Labute approximate surface area is 210 Å². The minimum absolute atomic E-state index is 0. The van der Waals surface area contributed by atoms with E-state index in [1.807, 2.05) is 0 Å². The van der Waals surface area contributed by atoms with Crippen molar-refractivity contribution in [1.82, 2.24) is 0 Å². The Hall–Kier alpha value is -0.617. The van der Waals surface area contributed by atoms with E-state index < -0.39 is 51.6 Å². The van der Waals surface area contributed by atoms with Crippen LogP contribution in [0.2, 0.25) is 0 Å². The summed E-state index contributed by atoms with van der Waals surface area (Å²) >= 11 is -15.8. The van der Waals surface area contributed by atoms with Gasteiger partial charge in [0.15, 0.2) is 0 Å². The maximum absolute atomic E-state index is 8.82. The summed E-state index contributed by atoms with van der Waals surface area (Å²) < 4.78 is 95.6. The van der Waals surface area contributed by atoms with Crippen molar-refractivity contribution in [2.45, 2.75) is 0 Å². The zero-order valence-corrected chi connectivity index (χ0v) is 29.7. The molecule has 0 aromatic rings. The number of nitrogens with zero attached hydrogens (tertiary/aromatic N) is 6. The van der Waals surface area contributed by atoms with Crippen LogP contribution in [0.1, 0.15) is 0 Å². The van der Waals surface area contributed by atoms with Gasteiger partial charge in [-0.15, -0.1) is 0 Å². The van der Waals surface area contributed by atoms with Crippen molar-refractivity contribution in [3.05, 3.63) is 0 Å². The van der Waals surface area contributed by atoms with Crippen molar-refractivity contribution in [3.8, 4) is 29.8 Å². The molecule has 18 nitrogen and oxygen atoms in total. The predicted octanol–water partition coefficient (Wildman–Crippen LogP) is -6.33. The Morgan fingerprint density at radius 2 is 0.500 bits per heavy atom. The van der Waals surface area contributed by atoms with Crippen LogP contribution >= 0.6 is 0 Å². The molecule has 0 radical (unpaired) electrons. The zero-order chi connectivity index (χ0) is 24.2. The van der Waals surface area contributed by atoms with E-state index in [1.165, 1.54) is 0 Å². The number of rotatable bonds is 0. The summed E-state index contributed by atoms with van der Waals surface area (Å²) in [5.41, 5.74) is 0. The predicted molar refractivity (Wildman–Crippen MR) is 71.0 cm³/mol. The normalized spacial score (nSPS) is 11.6. The first-order chi connectivity index (χ1) is 12.0. The first kappa shape index (κ1) is 43.3. The number of nitriles is 6. The fraction of sp³-hybridized carbons (Fsp3) is 0. The van der Waals surface area contributed by atoms with Crippen LogP contribution in [0, 0.1) is 61.4 Å². The van der Waals surface area contributed by atoms with Gasteiger partial charge in [0.05, 0.1) is 0 Å². The molecule has 0 bridgehead atoms. The third-order valence-corrected chi connectivity index (χ3v) is 4.89. The Morgan fingerprint density at radius 1 is 0.433 bits per heavy atom. The molecule has 0 rings (SSSR count). The molecule has 0 aromatic carbocycles. The van der Waals surface area contributed by atoms with E-state index in [2.05, 4.69) is 0 Å². The topological polar surface area (TPSA) is 367 Å². The monoisotopic (exact) mass is 990 g/mol. The molecule has 0 fully saturated rings. The Bertz CT molecular complexity index is 949. The molecular weight excluding hydrogens is 978 g/mol. The van der Waals surface area contributed by atoms with Gasteiger partial charge >= 0.3 is 213 Å². The van der Waals surface area contributed by atoms with Crippen LogP contribution in [0.5, 0.6) is 0 Å². The minimum atomic E-state index is -6.17. The van der Waals surface area contributed by atoms with Gasteiger partial charge in [-0.05, 0) is 0 Å². The van der Waals surface area contributed by atoms with Crippen LogP contribution in [0.25, 0.3) is 0 Å². The second-order valence-corrected chi connectivity index (χ2v) is 13.0. The molecule has 0 aliphatic heterocycles. The van der Waals surface area contributed by atoms with Gasteiger partial charge in [-0.1, -0.05) is 0 Å². The molecule has 174 valence electrons. The molecule has 6 N–H and O–H groups in total. The van der Waals surface area contributed by atoms with Crippen LogP contribution in [0.4, 0.5) is 0 Å². The second kappa shape index (κ2) is 14.4. The SMILES string of the molecule is N#[C][Fe]([C]#N)([C]#N)([C]#N)([C]#N)[C]#N.[BiH3].[BiH3].[O]=[Cr](=[O])([OH])[OH].[O]=[Cr](=[O])([OH])[OH].[O]=[Cr](=[O])([OH])[OH]. The van der Waals surface area contributed by atoms with Gasteiger partial charge in [-0.3, -0.25) is 0 Å². The molecule has 30 heavy (non-hydrogen) atoms. The van der Waals surface area contributed by atoms with Crippen molar-refractivity contribution in [2.75, 3.05) is 0 Å². The molecule has 24 heteroatoms. The van der Waals surface area contributed by atoms with Gasteiger partial charge in [0.1, 0.15) is 0 Å². The van der Waals surface area contributed by atoms with Crippen molar-refractivity contribution in [3.63, 3.8) is 0 Å². The fourth-order valence-corrected chi connectivity index (χ4v) is 1.09. The molecule has 0 saturated carbocycles. The van der Waals surface area contributed by atoms with Crippen LogP contribution in [-0.4, -0.2) is 77.4 Å². The van der Waals surface area contributed by atoms with Crippen LogP contribution in [0.3, 0.4) is 0 Å². The molecule has 0 atom stereocenters. The van der Waals surface area contributed by atoms with Crippen molar-refractivity contribution in [2.24, 2.45) is 0 Å². The quantitative estimate of drug-likeness (QED) is 0.123. The van der Waals surface area contributed by atoms with E-state index in [0.717, 1.165) is 29.8 Å². The van der Waals surface area contributed by atoms with Gasteiger partial charge in [-0.2, -0.15) is 0 Å². The summed E-state index contributed by atoms with van der Waals surface area (Å²) in [6.45, 7) is 0. The Kier molecular flexibility index (Phi) is 20.8. The average Bonchev–Trinajstić information content (AvgIpc) is 2.48. The average molecular weight is 990 g/mol. The Morgan fingerprint density at radius 3 is 0.500 bits per heavy atom. The van der Waals surface area contributed by atoms with Crippen molar-refractivity contribution >= 4 is 52.4 Å². The fourth-order valence-electron chi connectivity index (χ4n) is 0.265. The van der Waals surface area contributed by atoms with Gasteiger partial charge in [-0.25, -0.2) is 0 Å². The van der Waals surface area contributed by atoms with Gasteiger partial charge < -0.3 is 0 Å². The van der Waals surface area contributed by atoms with Crippen molar-refractivity contribution < 1.29 is 99.3 Å². The summed E-state index contributed by atoms with van der Waals surface area (Å²) in [7, 11) is -6.17. The summed E-state index contributed by atoms with van der Waals surface area (Å²) in [5.74, 6) is 0. The van der Waals surface area contributed by atoms with E-state index in [-0.39, 0.29) is 52.4 Å². The molecular formula is C6H12Bi2Cr3FeN6O12. The van der Waals surface area contributed by atoms with Crippen LogP contribution < -0.4 is 0 Å². The van der Waals surface area contributed by atoms with Gasteiger partial charge in [0.2, 0.25) is 0 Å². The van der Waals surface area contributed by atoms with E-state index in [4.69, 9.17) is 79.3 Å². The molecule has 0 aliphatic rings. The van der Waals surface area contributed by atoms with E-state index in [0.29, 0.717) is 0 Å². The zero-order valence-electron chi connectivity index (χ0n) is 13.8. The second-order valence-electron chi connectivity index (χ2n) is 3.14. The summed E-state index contributed by atoms with van der Waals surface area (Å²) in [4.78, 5) is 6.19. The molecule has 0 amide bonds. The van der Waals surface area contributed by atoms with E-state index in [9.17, 15) is 0 Å². The third kappa shape index (κ3) is 22.1. The standard InChI is InChI=1S/6CN.2Bi.3Cr.Fe.6H2O.6O.6H/c6*1-2;;;;;;;;;;;;;;;;;;;;;;;;/h;;;;;;;;;;;;6*1H2;;;;;;;;;;;;/q;;;;;;;;3*+2;;;;;;;;;;;;;;;;;;;/p-6. The number of hydrogen-bond donors (Lipinski definition) is 6. The first-order valence-electron chi connectivity index (χ1n) is 4.50. The molecule has 0 aliphatic carbocycles. The summed E-state index contributed by atoms with van der Waals surface area (Å²) in [6.07, 6.45) is 0.